The molecule has 180 valence electrons. The fourth-order valence-electron chi connectivity index (χ4n) is 3.71. The molecule has 1 aromatic carbocycles. The Morgan fingerprint density at radius 3 is 2.42 bits per heavy atom. The molecule has 0 spiro atoms. The highest BCUT2D eigenvalue weighted by Crippen LogP contribution is 2.48. The van der Waals surface area contributed by atoms with Gasteiger partial charge in [-0.15, -0.1) is 0 Å². The maximum absolute atomic E-state index is 13.1. The molecule has 0 aliphatic heterocycles. The number of aromatic nitrogens is 2. The Labute approximate surface area is 199 Å². The molecule has 1 aliphatic carbocycles. The average molecular weight is 494 g/mol. The van der Waals surface area contributed by atoms with Crippen LogP contribution in [0.2, 0.25) is 0 Å². The highest BCUT2D eigenvalue weighted by molar-refractivity contribution is 7.92. The minimum atomic E-state index is -3.51. The minimum absolute atomic E-state index is 0.0694. The van der Waals surface area contributed by atoms with E-state index in [0.717, 1.165) is 12.1 Å². The lowest BCUT2D eigenvalue weighted by Gasteiger charge is -2.40. The maximum Gasteiger partial charge on any atom is 0.171 e. The Bertz CT molecular complexity index is 1100. The van der Waals surface area contributed by atoms with Crippen molar-refractivity contribution in [3.05, 3.63) is 36.0 Å². The molecule has 1 fully saturated rings. The Morgan fingerprint density at radius 2 is 1.88 bits per heavy atom. The fourth-order valence-corrected chi connectivity index (χ4v) is 6.34. The predicted octanol–water partition coefficient (Wildman–Crippen LogP) is 1.96. The second-order valence-corrected chi connectivity index (χ2v) is 11.8. The summed E-state index contributed by atoms with van der Waals surface area (Å²) in [5.74, 6) is 0.462. The Kier molecular flexibility index (Phi) is 7.57. The van der Waals surface area contributed by atoms with Gasteiger partial charge in [0.25, 0.3) is 0 Å². The smallest absolute Gasteiger partial charge is 0.171 e. The molecule has 1 heterocycles. The molecule has 1 aliphatic rings. The summed E-state index contributed by atoms with van der Waals surface area (Å²) in [6.07, 6.45) is 1.94. The molecule has 6 N–H and O–H groups in total. The lowest BCUT2D eigenvalue weighted by atomic mass is 9.81. The van der Waals surface area contributed by atoms with Crippen LogP contribution in [0.15, 0.2) is 30.3 Å². The van der Waals surface area contributed by atoms with E-state index in [0.29, 0.717) is 35.0 Å². The second-order valence-electron chi connectivity index (χ2n) is 8.94. The Morgan fingerprint density at radius 1 is 1.21 bits per heavy atom. The van der Waals surface area contributed by atoms with E-state index in [1.807, 2.05) is 13.8 Å². The number of anilines is 2. The fraction of sp³-hybridized carbons (Fsp3) is 0.500. The van der Waals surface area contributed by atoms with E-state index in [2.05, 4.69) is 20.6 Å². The summed E-state index contributed by atoms with van der Waals surface area (Å²) in [5.41, 5.74) is 7.32. The molecule has 3 rings (SSSR count). The van der Waals surface area contributed by atoms with Crippen LogP contribution in [0.3, 0.4) is 0 Å². The Hall–Kier alpha value is -2.34. The molecule has 0 bridgehead atoms. The van der Waals surface area contributed by atoms with Gasteiger partial charge in [-0.05, 0) is 76.0 Å². The topological polar surface area (TPSA) is 150 Å². The maximum atomic E-state index is 13.1. The number of nitrogens with zero attached hydrogens (tertiary/aromatic N) is 2. The van der Waals surface area contributed by atoms with Crippen LogP contribution in [0.4, 0.5) is 11.5 Å². The molecular weight excluding hydrogens is 462 g/mol. The van der Waals surface area contributed by atoms with Crippen molar-refractivity contribution in [2.75, 3.05) is 30.0 Å². The quantitative estimate of drug-likeness (QED) is 0.328. The van der Waals surface area contributed by atoms with Crippen LogP contribution >= 0.6 is 12.2 Å². The summed E-state index contributed by atoms with van der Waals surface area (Å²) in [6.45, 7) is 3.42. The SMILES string of the molecule is CC(C)(CO)NC(=S)Nc1ccc(-c2nc(N)cc(C3(S(=O)(=O)CCCO)CCC3)n2)cc1. The third kappa shape index (κ3) is 5.60. The van der Waals surface area contributed by atoms with Gasteiger partial charge in [0.2, 0.25) is 0 Å². The lowest BCUT2D eigenvalue weighted by molar-refractivity contribution is 0.207. The molecule has 0 unspecified atom stereocenters. The van der Waals surface area contributed by atoms with Crippen LogP contribution in [0, 0.1) is 0 Å². The highest BCUT2D eigenvalue weighted by Gasteiger charge is 2.51. The van der Waals surface area contributed by atoms with Crippen molar-refractivity contribution in [3.8, 4) is 11.4 Å². The number of rotatable bonds is 9. The van der Waals surface area contributed by atoms with Crippen LogP contribution < -0.4 is 16.4 Å². The third-order valence-corrected chi connectivity index (χ3v) is 8.63. The third-order valence-electron chi connectivity index (χ3n) is 5.79. The monoisotopic (exact) mass is 493 g/mol. The van der Waals surface area contributed by atoms with Crippen molar-refractivity contribution >= 4 is 38.7 Å². The van der Waals surface area contributed by atoms with Gasteiger partial charge < -0.3 is 26.6 Å². The zero-order chi connectivity index (χ0) is 24.3. The summed E-state index contributed by atoms with van der Waals surface area (Å²) in [6, 6.07) is 8.75. The van der Waals surface area contributed by atoms with E-state index in [9.17, 15) is 13.5 Å². The first-order chi connectivity index (χ1) is 15.5. The van der Waals surface area contributed by atoms with Gasteiger partial charge in [0.15, 0.2) is 20.8 Å². The normalized spacial score (nSPS) is 15.5. The van der Waals surface area contributed by atoms with Gasteiger partial charge in [0.05, 0.1) is 23.6 Å². The number of hydrogen-bond donors (Lipinski definition) is 5. The van der Waals surface area contributed by atoms with Crippen molar-refractivity contribution in [1.82, 2.24) is 15.3 Å². The first kappa shape index (κ1) is 25.3. The van der Waals surface area contributed by atoms with E-state index in [1.165, 1.54) is 0 Å². The summed E-state index contributed by atoms with van der Waals surface area (Å²) < 4.78 is 25.1. The number of thiocarbonyl (C=S) groups is 1. The van der Waals surface area contributed by atoms with Crippen LogP contribution in [0.1, 0.15) is 45.2 Å². The lowest BCUT2D eigenvalue weighted by Crippen LogP contribution is -2.47. The number of nitrogens with two attached hydrogens (primary N) is 1. The van der Waals surface area contributed by atoms with E-state index in [4.69, 9.17) is 23.1 Å². The summed E-state index contributed by atoms with van der Waals surface area (Å²) in [7, 11) is -3.51. The highest BCUT2D eigenvalue weighted by atomic mass is 32.2. The number of hydrogen-bond acceptors (Lipinski definition) is 8. The van der Waals surface area contributed by atoms with Gasteiger partial charge in [0.1, 0.15) is 10.6 Å². The number of nitrogen functional groups attached to an aromatic ring is 1. The van der Waals surface area contributed by atoms with Crippen molar-refractivity contribution in [1.29, 1.82) is 0 Å². The van der Waals surface area contributed by atoms with Crippen molar-refractivity contribution < 1.29 is 18.6 Å². The van der Waals surface area contributed by atoms with E-state index >= 15 is 0 Å². The molecule has 2 aromatic rings. The number of aliphatic hydroxyl groups is 2. The number of benzene rings is 1. The molecule has 0 saturated heterocycles. The van der Waals surface area contributed by atoms with Gasteiger partial charge in [-0.3, -0.25) is 0 Å². The van der Waals surface area contributed by atoms with Crippen LogP contribution in [0.25, 0.3) is 11.4 Å². The van der Waals surface area contributed by atoms with Crippen LogP contribution in [0.5, 0.6) is 0 Å². The molecule has 0 radical (unpaired) electrons. The first-order valence-corrected chi connectivity index (χ1v) is 12.9. The van der Waals surface area contributed by atoms with Crippen LogP contribution in [-0.2, 0) is 14.6 Å². The number of aliphatic hydroxyl groups excluding tert-OH is 2. The second kappa shape index (κ2) is 9.88. The van der Waals surface area contributed by atoms with Crippen molar-refractivity contribution in [2.45, 2.75) is 49.8 Å². The molecule has 0 atom stereocenters. The van der Waals surface area contributed by atoms with Gasteiger partial charge in [-0.2, -0.15) is 0 Å². The van der Waals surface area contributed by atoms with Gasteiger partial charge in [-0.1, -0.05) is 0 Å². The Balaban J connectivity index is 1.84. The van der Waals surface area contributed by atoms with E-state index in [1.54, 1.807) is 30.3 Å². The van der Waals surface area contributed by atoms with Crippen molar-refractivity contribution in [2.24, 2.45) is 0 Å². The van der Waals surface area contributed by atoms with Gasteiger partial charge in [-0.25, -0.2) is 18.4 Å². The van der Waals surface area contributed by atoms with Crippen LogP contribution in [-0.4, -0.2) is 58.2 Å². The summed E-state index contributed by atoms with van der Waals surface area (Å²) in [4.78, 5) is 8.92. The largest absolute Gasteiger partial charge is 0.396 e. The summed E-state index contributed by atoms with van der Waals surface area (Å²) in [5, 5.41) is 24.9. The first-order valence-electron chi connectivity index (χ1n) is 10.8. The minimum Gasteiger partial charge on any atom is -0.396 e. The zero-order valence-corrected chi connectivity index (χ0v) is 20.5. The molecule has 9 nitrogen and oxygen atoms in total. The molecule has 11 heteroatoms. The molecular formula is C22H31N5O4S2. The average Bonchev–Trinajstić information content (AvgIpc) is 2.71. The van der Waals surface area contributed by atoms with E-state index in [-0.39, 0.29) is 31.2 Å². The standard InChI is InChI=1S/C22H31N5O4S2/c1-21(2,14-29)27-20(32)24-16-7-5-15(6-8-16)19-25-17(13-18(23)26-19)22(9-3-10-22)33(30,31)12-4-11-28/h5-8,13,28-29H,3-4,9-12,14H2,1-2H3,(H2,23,25,26)(H2,24,27,32). The van der Waals surface area contributed by atoms with Crippen molar-refractivity contribution in [3.63, 3.8) is 0 Å². The molecule has 1 saturated carbocycles. The zero-order valence-electron chi connectivity index (χ0n) is 18.8. The molecule has 0 amide bonds. The van der Waals surface area contributed by atoms with E-state index < -0.39 is 20.1 Å². The number of sulfone groups is 1. The van der Waals surface area contributed by atoms with Gasteiger partial charge >= 0.3 is 0 Å². The summed E-state index contributed by atoms with van der Waals surface area (Å²) >= 11 is 5.29. The number of nitrogens with one attached hydrogen (secondary N) is 2. The molecule has 1 aromatic heterocycles. The molecule has 33 heavy (non-hydrogen) atoms. The van der Waals surface area contributed by atoms with Gasteiger partial charge in [0, 0.05) is 23.9 Å². The predicted molar refractivity (Wildman–Crippen MR) is 133 cm³/mol.